The lowest BCUT2D eigenvalue weighted by molar-refractivity contribution is 0.000333. The molecule has 3 heterocycles. The Bertz CT molecular complexity index is 664. The Labute approximate surface area is 152 Å². The van der Waals surface area contributed by atoms with Gasteiger partial charge in [0.2, 0.25) is 0 Å². The average Bonchev–Trinajstić information content (AvgIpc) is 2.69. The van der Waals surface area contributed by atoms with E-state index in [1.807, 2.05) is 0 Å². The Balaban J connectivity index is 1.28. The van der Waals surface area contributed by atoms with Crippen molar-refractivity contribution in [3.05, 3.63) is 60.2 Å². The van der Waals surface area contributed by atoms with Gasteiger partial charge in [0.25, 0.3) is 0 Å². The predicted molar refractivity (Wildman–Crippen MR) is 105 cm³/mol. The third-order valence-electron chi connectivity index (χ3n) is 6.31. The summed E-state index contributed by atoms with van der Waals surface area (Å²) in [4.78, 5) is 2.74. The summed E-state index contributed by atoms with van der Waals surface area (Å²) < 4.78 is 0. The van der Waals surface area contributed by atoms with Gasteiger partial charge in [-0.25, -0.2) is 0 Å². The van der Waals surface area contributed by atoms with Gasteiger partial charge in [0.15, 0.2) is 0 Å². The minimum Gasteiger partial charge on any atom is -0.311 e. The quantitative estimate of drug-likeness (QED) is 0.833. The second kappa shape index (κ2) is 7.72. The number of nitrogens with one attached hydrogen (secondary N) is 1. The molecule has 0 saturated carbocycles. The minimum atomic E-state index is 0.755. The Morgan fingerprint density at radius 1 is 1.00 bits per heavy atom. The van der Waals surface area contributed by atoms with Gasteiger partial charge in [-0.3, -0.25) is 4.90 Å². The van der Waals surface area contributed by atoms with Crippen LogP contribution in [0, 0.1) is 11.8 Å². The van der Waals surface area contributed by atoms with Crippen molar-refractivity contribution in [2.24, 2.45) is 11.8 Å². The van der Waals surface area contributed by atoms with E-state index in [1.54, 1.807) is 0 Å². The lowest BCUT2D eigenvalue weighted by Gasteiger charge is -2.50. The third-order valence-corrected chi connectivity index (χ3v) is 6.31. The molecule has 2 aromatic rings. The molecule has 0 aliphatic carbocycles. The van der Waals surface area contributed by atoms with Crippen LogP contribution in [0.1, 0.15) is 31.7 Å². The van der Waals surface area contributed by atoms with Crippen LogP contribution in [0.4, 0.5) is 0 Å². The Morgan fingerprint density at radius 3 is 2.44 bits per heavy atom. The molecule has 0 aromatic heterocycles. The summed E-state index contributed by atoms with van der Waals surface area (Å²) in [6.07, 6.45) is 4.18. The zero-order valence-electron chi connectivity index (χ0n) is 15.3. The fourth-order valence-electron chi connectivity index (χ4n) is 4.75. The summed E-state index contributed by atoms with van der Waals surface area (Å²) in [5, 5.41) is 3.71. The molecule has 1 N–H and O–H groups in total. The summed E-state index contributed by atoms with van der Waals surface area (Å²) in [5.74, 6) is 1.93. The number of fused-ring (bicyclic) bond motifs is 3. The number of rotatable bonds is 6. The first-order valence-corrected chi connectivity index (χ1v) is 9.92. The van der Waals surface area contributed by atoms with E-state index in [1.165, 1.54) is 49.0 Å². The lowest BCUT2D eigenvalue weighted by Crippen LogP contribution is -2.56. The average molecular weight is 335 g/mol. The third kappa shape index (κ3) is 3.80. The molecule has 5 rings (SSSR count). The molecule has 1 unspecified atom stereocenters. The molecular formula is C23H30N2. The highest BCUT2D eigenvalue weighted by Gasteiger charge is 2.38. The van der Waals surface area contributed by atoms with Crippen LogP contribution in [0.3, 0.4) is 0 Å². The van der Waals surface area contributed by atoms with Gasteiger partial charge < -0.3 is 5.32 Å². The van der Waals surface area contributed by atoms with Crippen LogP contribution >= 0.6 is 0 Å². The SMILES string of the molecule is CC[C@@H]1CN2CC[C@H]1C[C@@H]2CNCc1ccc(-c2ccccc2)cc1. The number of nitrogens with zero attached hydrogens (tertiary/aromatic N) is 1. The van der Waals surface area contributed by atoms with Crippen molar-refractivity contribution >= 4 is 0 Å². The van der Waals surface area contributed by atoms with Gasteiger partial charge in [-0.1, -0.05) is 67.9 Å². The van der Waals surface area contributed by atoms with E-state index in [9.17, 15) is 0 Å². The van der Waals surface area contributed by atoms with Crippen LogP contribution in [0.15, 0.2) is 54.6 Å². The van der Waals surface area contributed by atoms with Crippen molar-refractivity contribution in [1.29, 1.82) is 0 Å². The maximum atomic E-state index is 3.71. The Kier molecular flexibility index (Phi) is 5.19. The molecule has 3 fully saturated rings. The predicted octanol–water partition coefficient (Wildman–Crippen LogP) is 4.56. The second-order valence-electron chi connectivity index (χ2n) is 7.80. The molecule has 2 aromatic carbocycles. The molecule has 0 radical (unpaired) electrons. The largest absolute Gasteiger partial charge is 0.311 e. The van der Waals surface area contributed by atoms with Crippen molar-refractivity contribution in [1.82, 2.24) is 10.2 Å². The van der Waals surface area contributed by atoms with E-state index >= 15 is 0 Å². The highest BCUT2D eigenvalue weighted by atomic mass is 15.2. The van der Waals surface area contributed by atoms with Crippen LogP contribution in [-0.4, -0.2) is 30.6 Å². The molecule has 2 heteroatoms. The fraction of sp³-hybridized carbons (Fsp3) is 0.478. The summed E-state index contributed by atoms with van der Waals surface area (Å²) in [5.41, 5.74) is 3.96. The molecule has 2 bridgehead atoms. The Morgan fingerprint density at radius 2 is 1.76 bits per heavy atom. The van der Waals surface area contributed by atoms with Gasteiger partial charge in [0, 0.05) is 25.7 Å². The number of benzene rings is 2. The highest BCUT2D eigenvalue weighted by Crippen LogP contribution is 2.37. The van der Waals surface area contributed by atoms with E-state index < -0.39 is 0 Å². The number of piperidine rings is 3. The fourth-order valence-corrected chi connectivity index (χ4v) is 4.75. The molecule has 4 atom stereocenters. The molecule has 3 saturated heterocycles. The maximum Gasteiger partial charge on any atom is 0.0223 e. The van der Waals surface area contributed by atoms with E-state index in [0.717, 1.165) is 31.0 Å². The monoisotopic (exact) mass is 334 g/mol. The lowest BCUT2D eigenvalue weighted by atomic mass is 9.74. The van der Waals surface area contributed by atoms with Crippen LogP contribution < -0.4 is 5.32 Å². The first-order valence-electron chi connectivity index (χ1n) is 9.92. The summed E-state index contributed by atoms with van der Waals surface area (Å²) >= 11 is 0. The van der Waals surface area contributed by atoms with E-state index in [-0.39, 0.29) is 0 Å². The van der Waals surface area contributed by atoms with Crippen molar-refractivity contribution in [2.75, 3.05) is 19.6 Å². The molecule has 25 heavy (non-hydrogen) atoms. The molecule has 3 aliphatic rings. The molecule has 132 valence electrons. The highest BCUT2D eigenvalue weighted by molar-refractivity contribution is 5.63. The van der Waals surface area contributed by atoms with Gasteiger partial charge in [-0.05, 0) is 47.9 Å². The van der Waals surface area contributed by atoms with Gasteiger partial charge in [-0.2, -0.15) is 0 Å². The molecule has 0 spiro atoms. The van der Waals surface area contributed by atoms with Crippen molar-refractivity contribution < 1.29 is 0 Å². The molecule has 3 aliphatic heterocycles. The van der Waals surface area contributed by atoms with Crippen LogP contribution in [0.25, 0.3) is 11.1 Å². The first-order chi connectivity index (χ1) is 12.3. The van der Waals surface area contributed by atoms with E-state index in [0.29, 0.717) is 0 Å². The minimum absolute atomic E-state index is 0.755. The topological polar surface area (TPSA) is 15.3 Å². The summed E-state index contributed by atoms with van der Waals surface area (Å²) in [6.45, 7) is 7.12. The first kappa shape index (κ1) is 16.8. The van der Waals surface area contributed by atoms with Crippen molar-refractivity contribution in [3.63, 3.8) is 0 Å². The summed E-state index contributed by atoms with van der Waals surface area (Å²) in [7, 11) is 0. The number of hydrogen-bond donors (Lipinski definition) is 1. The molecular weight excluding hydrogens is 304 g/mol. The van der Waals surface area contributed by atoms with Gasteiger partial charge in [-0.15, -0.1) is 0 Å². The zero-order valence-corrected chi connectivity index (χ0v) is 15.3. The van der Waals surface area contributed by atoms with Gasteiger partial charge in [0.1, 0.15) is 0 Å². The van der Waals surface area contributed by atoms with Crippen LogP contribution in [0.5, 0.6) is 0 Å². The number of hydrogen-bond acceptors (Lipinski definition) is 2. The van der Waals surface area contributed by atoms with E-state index in [4.69, 9.17) is 0 Å². The van der Waals surface area contributed by atoms with Crippen molar-refractivity contribution in [3.8, 4) is 11.1 Å². The molecule has 0 amide bonds. The van der Waals surface area contributed by atoms with Crippen molar-refractivity contribution in [2.45, 2.75) is 38.8 Å². The standard InChI is InChI=1S/C23H30N2/c1-2-19-17-25-13-12-22(19)14-23(25)16-24-15-18-8-10-21(11-9-18)20-6-4-3-5-7-20/h3-11,19,22-24H,2,12-17H2,1H3/t19-,22+,23-/m1/s1. The van der Waals surface area contributed by atoms with E-state index in [2.05, 4.69) is 71.7 Å². The second-order valence-corrected chi connectivity index (χ2v) is 7.80. The Hall–Kier alpha value is -1.64. The van der Waals surface area contributed by atoms with Gasteiger partial charge >= 0.3 is 0 Å². The summed E-state index contributed by atoms with van der Waals surface area (Å²) in [6, 6.07) is 20.4. The zero-order chi connectivity index (χ0) is 17.1. The van der Waals surface area contributed by atoms with Gasteiger partial charge in [0.05, 0.1) is 0 Å². The smallest absolute Gasteiger partial charge is 0.0223 e. The molecule has 2 nitrogen and oxygen atoms in total. The maximum absolute atomic E-state index is 3.71. The van der Waals surface area contributed by atoms with Crippen LogP contribution in [-0.2, 0) is 6.54 Å². The van der Waals surface area contributed by atoms with Crippen LogP contribution in [0.2, 0.25) is 0 Å². The normalized spacial score (nSPS) is 28.2.